The van der Waals surface area contributed by atoms with Crippen molar-refractivity contribution in [3.63, 3.8) is 0 Å². The van der Waals surface area contributed by atoms with E-state index in [1.807, 2.05) is 20.8 Å². The minimum atomic E-state index is -0.535. The number of hydrogen-bond acceptors (Lipinski definition) is 4. The van der Waals surface area contributed by atoms with E-state index >= 15 is 0 Å². The topological polar surface area (TPSA) is 55.8 Å². The lowest BCUT2D eigenvalue weighted by Gasteiger charge is -2.33. The molecule has 5 nitrogen and oxygen atoms in total. The Morgan fingerprint density at radius 3 is 2.58 bits per heavy atom. The first-order valence-electron chi connectivity index (χ1n) is 10.1. The average molecular weight is 368 g/mol. The largest absolute Gasteiger partial charge is 0.464 e. The number of carbonyl (C=O) groups excluding carboxylic acids is 2. The third-order valence-corrected chi connectivity index (χ3v) is 4.36. The molecule has 0 saturated heterocycles. The molecule has 1 aliphatic heterocycles. The number of esters is 1. The summed E-state index contributed by atoms with van der Waals surface area (Å²) in [7, 11) is 0. The van der Waals surface area contributed by atoms with E-state index in [1.165, 1.54) is 0 Å². The summed E-state index contributed by atoms with van der Waals surface area (Å²) < 4.78 is 10.9. The molecule has 0 aliphatic carbocycles. The molecular formula is C21H37NO4. The maximum Gasteiger partial charge on any atom is 0.410 e. The van der Waals surface area contributed by atoms with Gasteiger partial charge in [-0.25, -0.2) is 4.79 Å². The molecule has 0 bridgehead atoms. The number of ether oxygens (including phenoxy) is 2. The molecule has 1 rings (SSSR count). The Labute approximate surface area is 159 Å². The van der Waals surface area contributed by atoms with Crippen molar-refractivity contribution in [2.75, 3.05) is 13.2 Å². The Hall–Kier alpha value is -1.52. The third kappa shape index (κ3) is 9.83. The highest BCUT2D eigenvalue weighted by Gasteiger charge is 2.27. The molecule has 0 saturated carbocycles. The number of carbonyl (C=O) groups is 2. The van der Waals surface area contributed by atoms with Crippen LogP contribution in [0.25, 0.3) is 0 Å². The minimum absolute atomic E-state index is 0.127. The monoisotopic (exact) mass is 367 g/mol. The van der Waals surface area contributed by atoms with Gasteiger partial charge in [-0.2, -0.15) is 0 Å². The average Bonchev–Trinajstić information content (AvgIpc) is 2.54. The Balaban J connectivity index is 2.83. The number of cyclic esters (lactones) is 1. The predicted molar refractivity (Wildman–Crippen MR) is 104 cm³/mol. The fraction of sp³-hybridized carbons (Fsp3) is 0.810. The highest BCUT2D eigenvalue weighted by atomic mass is 16.6. The van der Waals surface area contributed by atoms with Crippen molar-refractivity contribution in [3.8, 4) is 0 Å². The van der Waals surface area contributed by atoms with E-state index < -0.39 is 5.60 Å². The van der Waals surface area contributed by atoms with Crippen LogP contribution in [0.4, 0.5) is 4.79 Å². The normalized spacial score (nSPS) is 22.7. The molecular weight excluding hydrogens is 330 g/mol. The van der Waals surface area contributed by atoms with Gasteiger partial charge in [-0.3, -0.25) is 4.79 Å². The van der Waals surface area contributed by atoms with Crippen LogP contribution < -0.4 is 0 Å². The minimum Gasteiger partial charge on any atom is -0.464 e. The molecule has 0 aromatic rings. The first-order valence-corrected chi connectivity index (χ1v) is 10.1. The van der Waals surface area contributed by atoms with Crippen LogP contribution in [-0.4, -0.2) is 41.8 Å². The van der Waals surface area contributed by atoms with Crippen LogP contribution in [0.3, 0.4) is 0 Å². The fourth-order valence-corrected chi connectivity index (χ4v) is 3.10. The van der Waals surface area contributed by atoms with E-state index in [4.69, 9.17) is 9.47 Å². The molecule has 0 spiro atoms. The van der Waals surface area contributed by atoms with Gasteiger partial charge in [-0.1, -0.05) is 31.9 Å². The molecule has 0 aromatic carbocycles. The molecule has 26 heavy (non-hydrogen) atoms. The Morgan fingerprint density at radius 2 is 1.92 bits per heavy atom. The molecule has 1 atom stereocenters. The van der Waals surface area contributed by atoms with E-state index in [0.717, 1.165) is 51.4 Å². The Kier molecular flexibility index (Phi) is 10.4. The highest BCUT2D eigenvalue weighted by Crippen LogP contribution is 2.19. The summed E-state index contributed by atoms with van der Waals surface area (Å²) in [5.41, 5.74) is -0.535. The quantitative estimate of drug-likeness (QED) is 0.495. The number of allylic oxidation sites excluding steroid dienone is 2. The van der Waals surface area contributed by atoms with Gasteiger partial charge >= 0.3 is 12.1 Å². The standard InChI is InChI=1S/C21H37NO4/c1-5-13-18-14-11-9-7-6-8-10-12-15-19(23)25-17-16-22(18)20(24)26-21(2,3)4/h6,8,18H,5,7,9-17H2,1-4H3/b8-6-/t18-/m1/s1. The number of hydrogen-bond donors (Lipinski definition) is 0. The van der Waals surface area contributed by atoms with Crippen LogP contribution in [0.1, 0.15) is 85.5 Å². The van der Waals surface area contributed by atoms with Crippen LogP contribution in [-0.2, 0) is 14.3 Å². The van der Waals surface area contributed by atoms with Gasteiger partial charge in [-0.05, 0) is 59.3 Å². The first kappa shape index (κ1) is 22.5. The molecule has 0 radical (unpaired) electrons. The van der Waals surface area contributed by atoms with Crippen molar-refractivity contribution < 1.29 is 19.1 Å². The van der Waals surface area contributed by atoms with E-state index in [0.29, 0.717) is 13.0 Å². The second-order valence-electron chi connectivity index (χ2n) is 7.98. The number of amides is 1. The highest BCUT2D eigenvalue weighted by molar-refractivity contribution is 5.70. The first-order chi connectivity index (χ1) is 12.3. The van der Waals surface area contributed by atoms with Gasteiger partial charge in [0.1, 0.15) is 12.2 Å². The van der Waals surface area contributed by atoms with Gasteiger partial charge in [0.15, 0.2) is 0 Å². The third-order valence-electron chi connectivity index (χ3n) is 4.36. The summed E-state index contributed by atoms with van der Waals surface area (Å²) in [6.45, 7) is 8.38. The molecule has 1 aliphatic rings. The van der Waals surface area contributed by atoms with Crippen molar-refractivity contribution in [3.05, 3.63) is 12.2 Å². The fourth-order valence-electron chi connectivity index (χ4n) is 3.10. The second-order valence-corrected chi connectivity index (χ2v) is 7.98. The van der Waals surface area contributed by atoms with Crippen LogP contribution in [0.5, 0.6) is 0 Å². The maximum atomic E-state index is 12.7. The molecule has 150 valence electrons. The van der Waals surface area contributed by atoms with Crippen molar-refractivity contribution in [2.24, 2.45) is 0 Å². The Bertz CT molecular complexity index is 453. The summed E-state index contributed by atoms with van der Waals surface area (Å²) >= 11 is 0. The molecule has 5 heteroatoms. The van der Waals surface area contributed by atoms with Crippen LogP contribution in [0.15, 0.2) is 12.2 Å². The molecule has 0 aromatic heterocycles. The van der Waals surface area contributed by atoms with Gasteiger partial charge in [0, 0.05) is 12.5 Å². The van der Waals surface area contributed by atoms with E-state index in [2.05, 4.69) is 19.1 Å². The van der Waals surface area contributed by atoms with Crippen molar-refractivity contribution in [2.45, 2.75) is 97.1 Å². The number of rotatable bonds is 2. The lowest BCUT2D eigenvalue weighted by Crippen LogP contribution is -2.45. The van der Waals surface area contributed by atoms with Gasteiger partial charge in [0.05, 0.1) is 6.54 Å². The summed E-state index contributed by atoms with van der Waals surface area (Å²) in [6, 6.07) is 0.127. The van der Waals surface area contributed by atoms with E-state index in [9.17, 15) is 9.59 Å². The smallest absolute Gasteiger partial charge is 0.410 e. The zero-order chi connectivity index (χ0) is 19.4. The summed E-state index contributed by atoms with van der Waals surface area (Å²) in [5.74, 6) is -0.190. The molecule has 0 N–H and O–H groups in total. The molecule has 0 fully saturated rings. The van der Waals surface area contributed by atoms with Crippen LogP contribution in [0, 0.1) is 0 Å². The zero-order valence-electron chi connectivity index (χ0n) is 17.1. The van der Waals surface area contributed by atoms with Crippen molar-refractivity contribution >= 4 is 12.1 Å². The number of nitrogens with zero attached hydrogens (tertiary/aromatic N) is 1. The van der Waals surface area contributed by atoms with E-state index in [-0.39, 0.29) is 24.7 Å². The Morgan fingerprint density at radius 1 is 1.23 bits per heavy atom. The lowest BCUT2D eigenvalue weighted by atomic mass is 10.0. The predicted octanol–water partition coefficient (Wildman–Crippen LogP) is 5.24. The van der Waals surface area contributed by atoms with Crippen molar-refractivity contribution in [1.29, 1.82) is 0 Å². The molecule has 1 heterocycles. The van der Waals surface area contributed by atoms with Gasteiger partial charge in [-0.15, -0.1) is 0 Å². The zero-order valence-corrected chi connectivity index (χ0v) is 17.1. The van der Waals surface area contributed by atoms with E-state index in [1.54, 1.807) is 4.90 Å². The summed E-state index contributed by atoms with van der Waals surface area (Å²) in [5, 5.41) is 0. The van der Waals surface area contributed by atoms with Gasteiger partial charge < -0.3 is 14.4 Å². The van der Waals surface area contributed by atoms with Crippen molar-refractivity contribution in [1.82, 2.24) is 4.90 Å². The lowest BCUT2D eigenvalue weighted by molar-refractivity contribution is -0.144. The SMILES string of the molecule is CCC[C@@H]1CCCC/C=C\CCCC(=O)OCCN1C(=O)OC(C)(C)C. The van der Waals surface area contributed by atoms with Crippen LogP contribution >= 0.6 is 0 Å². The van der Waals surface area contributed by atoms with Crippen LogP contribution in [0.2, 0.25) is 0 Å². The second kappa shape index (κ2) is 12.0. The molecule has 1 amide bonds. The maximum absolute atomic E-state index is 12.7. The van der Waals surface area contributed by atoms with Gasteiger partial charge in [0.2, 0.25) is 0 Å². The summed E-state index contributed by atoms with van der Waals surface area (Å²) in [6.07, 6.45) is 12.3. The summed E-state index contributed by atoms with van der Waals surface area (Å²) in [4.78, 5) is 26.4. The molecule has 0 unspecified atom stereocenters. The van der Waals surface area contributed by atoms with Gasteiger partial charge in [0.25, 0.3) is 0 Å².